The van der Waals surface area contributed by atoms with Crippen molar-refractivity contribution in [3.8, 4) is 0 Å². The molecule has 0 bridgehead atoms. The van der Waals surface area contributed by atoms with Gasteiger partial charge in [-0.15, -0.1) is 0 Å². The summed E-state index contributed by atoms with van der Waals surface area (Å²) in [5.41, 5.74) is 0. The van der Waals surface area contributed by atoms with Gasteiger partial charge in [0.2, 0.25) is 5.91 Å². The zero-order valence-corrected chi connectivity index (χ0v) is 12.1. The van der Waals surface area contributed by atoms with E-state index >= 15 is 0 Å². The Bertz CT molecular complexity index is 244. The normalized spacial score (nSPS) is 20.1. The van der Waals surface area contributed by atoms with E-state index in [2.05, 4.69) is 17.1 Å². The highest BCUT2D eigenvalue weighted by atomic mass is 16.5. The molecule has 1 aliphatic heterocycles. The fourth-order valence-electron chi connectivity index (χ4n) is 2.40. The Morgan fingerprint density at radius 3 is 2.94 bits per heavy atom. The first kappa shape index (κ1) is 15.4. The molecule has 1 saturated heterocycles. The van der Waals surface area contributed by atoms with Gasteiger partial charge in [0.15, 0.2) is 0 Å². The van der Waals surface area contributed by atoms with Crippen LogP contribution in [0.4, 0.5) is 0 Å². The lowest BCUT2D eigenvalue weighted by atomic mass is 10.1. The van der Waals surface area contributed by atoms with Crippen LogP contribution in [-0.4, -0.2) is 49.2 Å². The second-order valence-corrected chi connectivity index (χ2v) is 5.19. The highest BCUT2D eigenvalue weighted by Crippen LogP contribution is 2.21. The summed E-state index contributed by atoms with van der Waals surface area (Å²) in [6.45, 7) is 9.81. The quantitative estimate of drug-likeness (QED) is 0.640. The van der Waals surface area contributed by atoms with Crippen molar-refractivity contribution in [3.05, 3.63) is 0 Å². The van der Waals surface area contributed by atoms with Crippen molar-refractivity contribution in [2.75, 3.05) is 26.2 Å². The summed E-state index contributed by atoms with van der Waals surface area (Å²) in [5.74, 6) is 0.320. The molecule has 0 unspecified atom stereocenters. The van der Waals surface area contributed by atoms with Crippen molar-refractivity contribution in [1.82, 2.24) is 10.2 Å². The van der Waals surface area contributed by atoms with Crippen molar-refractivity contribution in [1.29, 1.82) is 0 Å². The van der Waals surface area contributed by atoms with Gasteiger partial charge in [-0.05, 0) is 46.2 Å². The molecule has 18 heavy (non-hydrogen) atoms. The molecule has 1 heterocycles. The second kappa shape index (κ2) is 8.48. The van der Waals surface area contributed by atoms with Crippen molar-refractivity contribution >= 4 is 5.91 Å². The monoisotopic (exact) mass is 256 g/mol. The van der Waals surface area contributed by atoms with Crippen LogP contribution in [0.2, 0.25) is 0 Å². The fourth-order valence-corrected chi connectivity index (χ4v) is 2.40. The third-order valence-corrected chi connectivity index (χ3v) is 3.35. The van der Waals surface area contributed by atoms with E-state index in [-0.39, 0.29) is 6.10 Å². The van der Waals surface area contributed by atoms with Gasteiger partial charge in [0, 0.05) is 25.6 Å². The summed E-state index contributed by atoms with van der Waals surface area (Å²) in [4.78, 5) is 13.9. The number of carbonyl (C=O) groups excluding carboxylic acids is 1. The number of ether oxygens (including phenoxy) is 1. The average molecular weight is 256 g/mol. The second-order valence-electron chi connectivity index (χ2n) is 5.19. The molecule has 0 saturated carbocycles. The van der Waals surface area contributed by atoms with Gasteiger partial charge in [0.05, 0.1) is 6.10 Å². The number of likely N-dealkylation sites (tertiary alicyclic amines) is 1. The molecule has 1 amide bonds. The Balaban J connectivity index is 2.23. The zero-order chi connectivity index (χ0) is 13.4. The molecule has 4 nitrogen and oxygen atoms in total. The molecule has 1 aliphatic rings. The summed E-state index contributed by atoms with van der Waals surface area (Å²) < 4.78 is 5.52. The van der Waals surface area contributed by atoms with Crippen LogP contribution in [0.25, 0.3) is 0 Å². The lowest BCUT2D eigenvalue weighted by molar-refractivity contribution is -0.129. The fraction of sp³-hybridized carbons (Fsp3) is 0.929. The molecule has 0 aromatic heterocycles. The summed E-state index contributed by atoms with van der Waals surface area (Å²) in [6.07, 6.45) is 4.05. The minimum absolute atomic E-state index is 0.281. The van der Waals surface area contributed by atoms with Crippen LogP contribution in [0.5, 0.6) is 0 Å². The van der Waals surface area contributed by atoms with Gasteiger partial charge in [-0.2, -0.15) is 0 Å². The van der Waals surface area contributed by atoms with Crippen LogP contribution in [-0.2, 0) is 9.53 Å². The maximum absolute atomic E-state index is 11.8. The molecule has 0 aromatic rings. The minimum Gasteiger partial charge on any atom is -0.379 e. The van der Waals surface area contributed by atoms with E-state index < -0.39 is 0 Å². The zero-order valence-electron chi connectivity index (χ0n) is 12.1. The van der Waals surface area contributed by atoms with Crippen molar-refractivity contribution in [2.45, 2.75) is 58.6 Å². The average Bonchev–Trinajstić information content (AvgIpc) is 2.67. The predicted octanol–water partition coefficient (Wildman–Crippen LogP) is 1.79. The van der Waals surface area contributed by atoms with E-state index in [1.165, 1.54) is 0 Å². The van der Waals surface area contributed by atoms with Crippen molar-refractivity contribution in [3.63, 3.8) is 0 Å². The minimum atomic E-state index is 0.281. The topological polar surface area (TPSA) is 41.6 Å². The first-order valence-corrected chi connectivity index (χ1v) is 7.27. The molecule has 0 radical (unpaired) electrons. The number of nitrogens with one attached hydrogen (secondary N) is 1. The molecule has 0 spiro atoms. The third kappa shape index (κ3) is 5.36. The number of hydrogen-bond donors (Lipinski definition) is 1. The third-order valence-electron chi connectivity index (χ3n) is 3.35. The molecule has 4 heteroatoms. The Labute approximate surface area is 111 Å². The summed E-state index contributed by atoms with van der Waals surface area (Å²) >= 11 is 0. The van der Waals surface area contributed by atoms with Gasteiger partial charge >= 0.3 is 0 Å². The molecule has 0 aliphatic carbocycles. The van der Waals surface area contributed by atoms with Crippen LogP contribution in [0.15, 0.2) is 0 Å². The molecule has 1 fully saturated rings. The Hall–Kier alpha value is -0.610. The first-order valence-electron chi connectivity index (χ1n) is 7.27. The van der Waals surface area contributed by atoms with Gasteiger partial charge in [0.25, 0.3) is 0 Å². The van der Waals surface area contributed by atoms with Crippen LogP contribution in [0.3, 0.4) is 0 Å². The Kier molecular flexibility index (Phi) is 7.28. The molecular weight excluding hydrogens is 228 g/mol. The molecule has 0 aromatic carbocycles. The molecule has 1 atom stereocenters. The predicted molar refractivity (Wildman–Crippen MR) is 73.6 cm³/mol. The lowest BCUT2D eigenvalue weighted by Crippen LogP contribution is -2.36. The van der Waals surface area contributed by atoms with E-state index in [9.17, 15) is 4.79 Å². The largest absolute Gasteiger partial charge is 0.379 e. The standard InChI is InChI=1S/C14H28N2O2/c1-4-15-9-8-13-6-7-14(17)16(13)10-5-11-18-12(2)3/h12-13,15H,4-11H2,1-3H3/t13-/m0/s1. The number of hydrogen-bond acceptors (Lipinski definition) is 3. The van der Waals surface area contributed by atoms with Crippen LogP contribution in [0, 0.1) is 0 Å². The Morgan fingerprint density at radius 2 is 2.28 bits per heavy atom. The van der Waals surface area contributed by atoms with Gasteiger partial charge in [-0.1, -0.05) is 6.92 Å². The van der Waals surface area contributed by atoms with E-state index in [1.54, 1.807) is 0 Å². The van der Waals surface area contributed by atoms with Gasteiger partial charge in [-0.25, -0.2) is 0 Å². The van der Waals surface area contributed by atoms with E-state index in [4.69, 9.17) is 4.74 Å². The van der Waals surface area contributed by atoms with Gasteiger partial charge in [-0.3, -0.25) is 4.79 Å². The van der Waals surface area contributed by atoms with E-state index in [1.807, 2.05) is 13.8 Å². The first-order chi connectivity index (χ1) is 8.65. The smallest absolute Gasteiger partial charge is 0.222 e. The number of nitrogens with zero attached hydrogens (tertiary/aromatic N) is 1. The number of amides is 1. The SMILES string of the molecule is CCNCC[C@@H]1CCC(=O)N1CCCOC(C)C. The molecule has 1 N–H and O–H groups in total. The van der Waals surface area contributed by atoms with Gasteiger partial charge in [0.1, 0.15) is 0 Å². The van der Waals surface area contributed by atoms with Crippen molar-refractivity contribution in [2.24, 2.45) is 0 Å². The maximum Gasteiger partial charge on any atom is 0.222 e. The van der Waals surface area contributed by atoms with Crippen LogP contribution < -0.4 is 5.32 Å². The summed E-state index contributed by atoms with van der Waals surface area (Å²) in [6, 6.07) is 0.440. The summed E-state index contributed by atoms with van der Waals surface area (Å²) in [7, 11) is 0. The highest BCUT2D eigenvalue weighted by Gasteiger charge is 2.29. The van der Waals surface area contributed by atoms with Crippen molar-refractivity contribution < 1.29 is 9.53 Å². The molecule has 1 rings (SSSR count). The summed E-state index contributed by atoms with van der Waals surface area (Å²) in [5, 5.41) is 3.33. The molecular formula is C14H28N2O2. The maximum atomic E-state index is 11.8. The lowest BCUT2D eigenvalue weighted by Gasteiger charge is -2.25. The highest BCUT2D eigenvalue weighted by molar-refractivity contribution is 5.78. The Morgan fingerprint density at radius 1 is 1.50 bits per heavy atom. The van der Waals surface area contributed by atoms with Gasteiger partial charge < -0.3 is 15.0 Å². The number of rotatable bonds is 9. The van der Waals surface area contributed by atoms with E-state index in [0.29, 0.717) is 11.9 Å². The van der Waals surface area contributed by atoms with Crippen LogP contribution in [0.1, 0.15) is 46.5 Å². The van der Waals surface area contributed by atoms with E-state index in [0.717, 1.165) is 51.9 Å². The number of carbonyl (C=O) groups is 1. The molecule has 106 valence electrons. The van der Waals surface area contributed by atoms with Crippen LogP contribution >= 0.6 is 0 Å².